The fourth-order valence-electron chi connectivity index (χ4n) is 2.38. The van der Waals surface area contributed by atoms with E-state index in [4.69, 9.17) is 15.0 Å². The molecule has 1 aromatic carbocycles. The maximum atomic E-state index is 5.66. The molecule has 0 aliphatic heterocycles. The van der Waals surface area contributed by atoms with E-state index in [1.807, 2.05) is 24.3 Å². The summed E-state index contributed by atoms with van der Waals surface area (Å²) in [5.41, 5.74) is 7.19. The highest BCUT2D eigenvalue weighted by molar-refractivity contribution is 5.57. The smallest absolute Gasteiger partial charge is 0.229 e. The first-order chi connectivity index (χ1) is 9.21. The summed E-state index contributed by atoms with van der Waals surface area (Å²) in [7, 11) is 1.75. The van der Waals surface area contributed by atoms with Crippen LogP contribution in [0.25, 0.3) is 11.4 Å². The standard InChI is InChI=1S/C14H17N3O2/c1-18-14(7-2-8-14)9-12-16-13(17-19-12)10-3-5-11(15)6-4-10/h3-6H,2,7-9,15H2,1H3. The summed E-state index contributed by atoms with van der Waals surface area (Å²) in [6.45, 7) is 0. The third-order valence-corrected chi connectivity index (χ3v) is 3.81. The topological polar surface area (TPSA) is 74.2 Å². The van der Waals surface area contributed by atoms with E-state index in [1.165, 1.54) is 6.42 Å². The largest absolute Gasteiger partial charge is 0.399 e. The van der Waals surface area contributed by atoms with Crippen LogP contribution in [-0.4, -0.2) is 22.9 Å². The van der Waals surface area contributed by atoms with E-state index in [2.05, 4.69) is 10.1 Å². The maximum Gasteiger partial charge on any atom is 0.229 e. The van der Waals surface area contributed by atoms with Gasteiger partial charge in [0.15, 0.2) is 0 Å². The zero-order valence-corrected chi connectivity index (χ0v) is 10.9. The number of hydrogen-bond donors (Lipinski definition) is 1. The van der Waals surface area contributed by atoms with Crippen LogP contribution in [0.2, 0.25) is 0 Å². The van der Waals surface area contributed by atoms with Gasteiger partial charge in [0, 0.05) is 18.4 Å². The van der Waals surface area contributed by atoms with Gasteiger partial charge in [-0.05, 0) is 43.5 Å². The molecule has 100 valence electrons. The summed E-state index contributed by atoms with van der Waals surface area (Å²) in [5.74, 6) is 1.23. The molecule has 2 aromatic rings. The Labute approximate surface area is 111 Å². The first kappa shape index (κ1) is 12.2. The number of methoxy groups -OCH3 is 1. The molecule has 0 spiro atoms. The fourth-order valence-corrected chi connectivity index (χ4v) is 2.38. The highest BCUT2D eigenvalue weighted by atomic mass is 16.5. The summed E-state index contributed by atoms with van der Waals surface area (Å²) >= 11 is 0. The average Bonchev–Trinajstić information content (AvgIpc) is 2.83. The molecule has 5 heteroatoms. The Hall–Kier alpha value is -1.88. The molecule has 1 aromatic heterocycles. The van der Waals surface area contributed by atoms with Crippen LogP contribution in [0.1, 0.15) is 25.2 Å². The third kappa shape index (κ3) is 2.33. The second-order valence-electron chi connectivity index (χ2n) is 5.05. The highest BCUT2D eigenvalue weighted by Crippen LogP contribution is 2.37. The lowest BCUT2D eigenvalue weighted by molar-refractivity contribution is -0.0751. The van der Waals surface area contributed by atoms with E-state index in [0.717, 1.165) is 24.1 Å². The lowest BCUT2D eigenvalue weighted by Gasteiger charge is -2.39. The van der Waals surface area contributed by atoms with Crippen molar-refractivity contribution >= 4 is 5.69 Å². The number of rotatable bonds is 4. The summed E-state index contributed by atoms with van der Waals surface area (Å²) in [5, 5.41) is 4.01. The molecule has 0 unspecified atom stereocenters. The van der Waals surface area contributed by atoms with E-state index >= 15 is 0 Å². The average molecular weight is 259 g/mol. The molecule has 0 radical (unpaired) electrons. The Bertz CT molecular complexity index is 553. The highest BCUT2D eigenvalue weighted by Gasteiger charge is 2.38. The maximum absolute atomic E-state index is 5.66. The number of ether oxygens (including phenoxy) is 1. The van der Waals surface area contributed by atoms with Gasteiger partial charge < -0.3 is 15.0 Å². The molecule has 19 heavy (non-hydrogen) atoms. The Morgan fingerprint density at radius 1 is 1.32 bits per heavy atom. The lowest BCUT2D eigenvalue weighted by Crippen LogP contribution is -2.41. The predicted molar refractivity (Wildman–Crippen MR) is 71.4 cm³/mol. The zero-order chi connectivity index (χ0) is 13.3. The molecule has 2 N–H and O–H groups in total. The van der Waals surface area contributed by atoms with Gasteiger partial charge in [0.2, 0.25) is 11.7 Å². The van der Waals surface area contributed by atoms with E-state index < -0.39 is 0 Å². The van der Waals surface area contributed by atoms with Crippen molar-refractivity contribution in [2.45, 2.75) is 31.3 Å². The van der Waals surface area contributed by atoms with Crippen molar-refractivity contribution in [2.75, 3.05) is 12.8 Å². The van der Waals surface area contributed by atoms with Crippen LogP contribution in [0, 0.1) is 0 Å². The Morgan fingerprint density at radius 3 is 2.63 bits per heavy atom. The summed E-state index contributed by atoms with van der Waals surface area (Å²) in [6.07, 6.45) is 4.00. The Kier molecular flexibility index (Phi) is 2.98. The minimum Gasteiger partial charge on any atom is -0.399 e. The molecule has 1 heterocycles. The molecule has 5 nitrogen and oxygen atoms in total. The van der Waals surface area contributed by atoms with Gasteiger partial charge in [-0.25, -0.2) is 0 Å². The molecule has 0 bridgehead atoms. The molecule has 1 fully saturated rings. The van der Waals surface area contributed by atoms with Gasteiger partial charge in [0.05, 0.1) is 12.0 Å². The van der Waals surface area contributed by atoms with Crippen molar-refractivity contribution in [1.29, 1.82) is 0 Å². The number of anilines is 1. The minimum atomic E-state index is -0.0923. The SMILES string of the molecule is COC1(Cc2nc(-c3ccc(N)cc3)no2)CCC1. The summed E-state index contributed by atoms with van der Waals surface area (Å²) < 4.78 is 10.9. The van der Waals surface area contributed by atoms with Gasteiger partial charge in [0.1, 0.15) is 0 Å². The monoisotopic (exact) mass is 259 g/mol. The molecule has 3 rings (SSSR count). The van der Waals surface area contributed by atoms with Crippen LogP contribution >= 0.6 is 0 Å². The van der Waals surface area contributed by atoms with Crippen LogP contribution in [-0.2, 0) is 11.2 Å². The second-order valence-corrected chi connectivity index (χ2v) is 5.05. The van der Waals surface area contributed by atoms with Crippen molar-refractivity contribution in [3.63, 3.8) is 0 Å². The summed E-state index contributed by atoms with van der Waals surface area (Å²) in [6, 6.07) is 7.43. The van der Waals surface area contributed by atoms with Crippen LogP contribution in [0.5, 0.6) is 0 Å². The fraction of sp³-hybridized carbons (Fsp3) is 0.429. The minimum absolute atomic E-state index is 0.0923. The van der Waals surface area contributed by atoms with Crippen molar-refractivity contribution in [1.82, 2.24) is 10.1 Å². The molecular formula is C14H17N3O2. The second kappa shape index (κ2) is 4.66. The molecular weight excluding hydrogens is 242 g/mol. The Morgan fingerprint density at radius 2 is 2.05 bits per heavy atom. The lowest BCUT2D eigenvalue weighted by atomic mass is 9.77. The van der Waals surface area contributed by atoms with Crippen molar-refractivity contribution in [2.24, 2.45) is 0 Å². The normalized spacial score (nSPS) is 17.1. The molecule has 0 atom stereocenters. The predicted octanol–water partition coefficient (Wildman–Crippen LogP) is 2.43. The first-order valence-corrected chi connectivity index (χ1v) is 6.44. The van der Waals surface area contributed by atoms with Crippen LogP contribution in [0.4, 0.5) is 5.69 Å². The van der Waals surface area contributed by atoms with Gasteiger partial charge in [-0.15, -0.1) is 0 Å². The summed E-state index contributed by atoms with van der Waals surface area (Å²) in [4.78, 5) is 4.43. The number of nitrogen functional groups attached to an aromatic ring is 1. The number of hydrogen-bond acceptors (Lipinski definition) is 5. The van der Waals surface area contributed by atoms with Crippen LogP contribution in [0.3, 0.4) is 0 Å². The number of nitrogens with two attached hydrogens (primary N) is 1. The van der Waals surface area contributed by atoms with E-state index in [-0.39, 0.29) is 5.60 Å². The van der Waals surface area contributed by atoms with Gasteiger partial charge in [-0.1, -0.05) is 5.16 Å². The van der Waals surface area contributed by atoms with E-state index in [0.29, 0.717) is 18.1 Å². The van der Waals surface area contributed by atoms with Crippen LogP contribution < -0.4 is 5.73 Å². The zero-order valence-electron chi connectivity index (χ0n) is 10.9. The van der Waals surface area contributed by atoms with Gasteiger partial charge in [0.25, 0.3) is 0 Å². The number of aromatic nitrogens is 2. The molecule has 1 saturated carbocycles. The van der Waals surface area contributed by atoms with E-state index in [1.54, 1.807) is 7.11 Å². The molecule has 0 saturated heterocycles. The third-order valence-electron chi connectivity index (χ3n) is 3.81. The van der Waals surface area contributed by atoms with Crippen LogP contribution in [0.15, 0.2) is 28.8 Å². The van der Waals surface area contributed by atoms with Crippen molar-refractivity contribution in [3.05, 3.63) is 30.2 Å². The van der Waals surface area contributed by atoms with Crippen molar-refractivity contribution in [3.8, 4) is 11.4 Å². The Balaban J connectivity index is 1.77. The molecule has 1 aliphatic rings. The van der Waals surface area contributed by atoms with Crippen molar-refractivity contribution < 1.29 is 9.26 Å². The van der Waals surface area contributed by atoms with Gasteiger partial charge in [-0.3, -0.25) is 0 Å². The quantitative estimate of drug-likeness (QED) is 0.853. The molecule has 0 amide bonds. The van der Waals surface area contributed by atoms with E-state index in [9.17, 15) is 0 Å². The number of benzene rings is 1. The molecule has 1 aliphatic carbocycles. The van der Waals surface area contributed by atoms with Gasteiger partial charge >= 0.3 is 0 Å². The van der Waals surface area contributed by atoms with Gasteiger partial charge in [-0.2, -0.15) is 4.98 Å². The first-order valence-electron chi connectivity index (χ1n) is 6.44. The number of nitrogens with zero attached hydrogens (tertiary/aromatic N) is 2.